The van der Waals surface area contributed by atoms with Crippen molar-refractivity contribution in [1.29, 1.82) is 0 Å². The van der Waals surface area contributed by atoms with E-state index < -0.39 is 0 Å². The number of benzene rings is 2. The van der Waals surface area contributed by atoms with Crippen LogP contribution in [0.15, 0.2) is 60.8 Å². The van der Waals surface area contributed by atoms with E-state index in [-0.39, 0.29) is 11.8 Å². The first-order valence-electron chi connectivity index (χ1n) is 13.8. The van der Waals surface area contributed by atoms with Crippen LogP contribution in [0.1, 0.15) is 53.0 Å². The summed E-state index contributed by atoms with van der Waals surface area (Å²) in [5, 5.41) is 3.51. The van der Waals surface area contributed by atoms with Gasteiger partial charge in [-0.1, -0.05) is 42.5 Å². The molecule has 2 aliphatic rings. The topological polar surface area (TPSA) is 57.7 Å². The quantitative estimate of drug-likeness (QED) is 0.426. The number of ether oxygens (including phenoxy) is 1. The van der Waals surface area contributed by atoms with E-state index in [0.29, 0.717) is 25.1 Å². The summed E-state index contributed by atoms with van der Waals surface area (Å²) in [5.74, 6) is 2.08. The molecule has 6 heteroatoms. The summed E-state index contributed by atoms with van der Waals surface area (Å²) in [6.45, 7) is 7.15. The molecular weight excluding hydrogens is 472 g/mol. The van der Waals surface area contributed by atoms with Crippen molar-refractivity contribution in [1.82, 2.24) is 15.2 Å². The highest BCUT2D eigenvalue weighted by atomic mass is 16.5. The Balaban J connectivity index is 1.31. The Morgan fingerprint density at radius 3 is 2.61 bits per heavy atom. The molecular formula is C32H40N4O2. The van der Waals surface area contributed by atoms with E-state index >= 15 is 0 Å². The summed E-state index contributed by atoms with van der Waals surface area (Å²) >= 11 is 0. The number of nitrogens with zero attached hydrogens (tertiary/aromatic N) is 3. The largest absolute Gasteiger partial charge is 0.487 e. The first-order chi connectivity index (χ1) is 18.4. The standard InChI is InChI=1S/C32H40N4O2/c1-22-7-5-10-26(23(22)2)20-36(27-11-12-27)32(37)30-19-33-16-15-29(30)25-9-6-8-24(17-25)21-38-28-13-14-31(34-18-28)35(3)4/h5-10,13-14,17-18,27,29-30,33H,11-12,15-16,19-21H2,1-4H3/t29-,30+/m1/s1. The molecule has 2 heterocycles. The molecule has 1 aliphatic carbocycles. The van der Waals surface area contributed by atoms with Gasteiger partial charge in [0.15, 0.2) is 0 Å². The molecule has 1 aromatic heterocycles. The lowest BCUT2D eigenvalue weighted by molar-refractivity contribution is -0.138. The van der Waals surface area contributed by atoms with Crippen LogP contribution in [0.4, 0.5) is 5.82 Å². The van der Waals surface area contributed by atoms with E-state index in [9.17, 15) is 4.79 Å². The Morgan fingerprint density at radius 2 is 1.87 bits per heavy atom. The molecule has 38 heavy (non-hydrogen) atoms. The number of hydrogen-bond acceptors (Lipinski definition) is 5. The van der Waals surface area contributed by atoms with Gasteiger partial charge in [-0.3, -0.25) is 4.79 Å². The van der Waals surface area contributed by atoms with Gasteiger partial charge in [0.1, 0.15) is 18.2 Å². The number of amides is 1. The second-order valence-corrected chi connectivity index (χ2v) is 11.0. The van der Waals surface area contributed by atoms with Gasteiger partial charge in [0.25, 0.3) is 0 Å². The van der Waals surface area contributed by atoms with Crippen molar-refractivity contribution >= 4 is 11.7 Å². The lowest BCUT2D eigenvalue weighted by atomic mass is 9.79. The number of carbonyl (C=O) groups is 1. The number of pyridine rings is 1. The summed E-state index contributed by atoms with van der Waals surface area (Å²) in [5.41, 5.74) is 6.18. The SMILES string of the molecule is Cc1cccc(CN(C(=O)[C@H]2CNCC[C@@H]2c2cccc(COc3ccc(N(C)C)nc3)c2)C2CC2)c1C. The van der Waals surface area contributed by atoms with Crippen LogP contribution in [0.2, 0.25) is 0 Å². The van der Waals surface area contributed by atoms with E-state index in [1.807, 2.05) is 31.1 Å². The van der Waals surface area contributed by atoms with Crippen LogP contribution in [0.25, 0.3) is 0 Å². The zero-order chi connectivity index (χ0) is 26.6. The third-order valence-corrected chi connectivity index (χ3v) is 8.09. The second-order valence-electron chi connectivity index (χ2n) is 11.0. The lowest BCUT2D eigenvalue weighted by Gasteiger charge is -2.36. The number of rotatable bonds is 9. The van der Waals surface area contributed by atoms with Gasteiger partial charge in [-0.2, -0.15) is 0 Å². The third kappa shape index (κ3) is 6.02. The van der Waals surface area contributed by atoms with Crippen molar-refractivity contribution in [2.45, 2.75) is 58.2 Å². The molecule has 1 saturated carbocycles. The maximum absolute atomic E-state index is 14.1. The fraction of sp³-hybridized carbons (Fsp3) is 0.438. The minimum Gasteiger partial charge on any atom is -0.487 e. The highest BCUT2D eigenvalue weighted by molar-refractivity contribution is 5.81. The molecule has 0 spiro atoms. The van der Waals surface area contributed by atoms with Crippen LogP contribution in [-0.2, 0) is 17.9 Å². The second kappa shape index (κ2) is 11.6. The summed E-state index contributed by atoms with van der Waals surface area (Å²) in [4.78, 5) is 22.7. The van der Waals surface area contributed by atoms with Gasteiger partial charge in [-0.15, -0.1) is 0 Å². The monoisotopic (exact) mass is 512 g/mol. The number of nitrogens with one attached hydrogen (secondary N) is 1. The first-order valence-corrected chi connectivity index (χ1v) is 13.8. The molecule has 1 N–H and O–H groups in total. The smallest absolute Gasteiger partial charge is 0.228 e. The molecule has 2 aromatic carbocycles. The Bertz CT molecular complexity index is 1250. The first kappa shape index (κ1) is 26.2. The van der Waals surface area contributed by atoms with Crippen LogP contribution in [-0.4, -0.2) is 49.0 Å². The van der Waals surface area contributed by atoms with Crippen molar-refractivity contribution in [2.75, 3.05) is 32.1 Å². The zero-order valence-electron chi connectivity index (χ0n) is 23.1. The molecule has 200 valence electrons. The molecule has 0 radical (unpaired) electrons. The number of aryl methyl sites for hydroxylation is 1. The van der Waals surface area contributed by atoms with Crippen molar-refractivity contribution < 1.29 is 9.53 Å². The van der Waals surface area contributed by atoms with Crippen molar-refractivity contribution in [3.63, 3.8) is 0 Å². The average Bonchev–Trinajstić information content (AvgIpc) is 3.78. The fourth-order valence-corrected chi connectivity index (χ4v) is 5.47. The van der Waals surface area contributed by atoms with Crippen molar-refractivity contribution in [3.05, 3.63) is 88.6 Å². The van der Waals surface area contributed by atoms with Crippen LogP contribution in [0, 0.1) is 19.8 Å². The van der Waals surface area contributed by atoms with E-state index in [1.54, 1.807) is 6.20 Å². The van der Waals surface area contributed by atoms with Crippen molar-refractivity contribution in [3.8, 4) is 5.75 Å². The zero-order valence-corrected chi connectivity index (χ0v) is 23.1. The summed E-state index contributed by atoms with van der Waals surface area (Å²) in [7, 11) is 3.95. The van der Waals surface area contributed by atoms with Gasteiger partial charge < -0.3 is 19.9 Å². The normalized spacial score (nSPS) is 19.2. The Morgan fingerprint density at radius 1 is 1.05 bits per heavy atom. The minimum absolute atomic E-state index is 0.0617. The highest BCUT2D eigenvalue weighted by Gasteiger charge is 2.40. The molecule has 1 aliphatic heterocycles. The van der Waals surface area contributed by atoms with Gasteiger partial charge in [0.2, 0.25) is 5.91 Å². The molecule has 2 fully saturated rings. The summed E-state index contributed by atoms with van der Waals surface area (Å²) in [6, 6.07) is 19.3. The third-order valence-electron chi connectivity index (χ3n) is 8.09. The molecule has 5 rings (SSSR count). The maximum Gasteiger partial charge on any atom is 0.228 e. The summed E-state index contributed by atoms with van der Waals surface area (Å²) < 4.78 is 6.04. The predicted octanol–water partition coefficient (Wildman–Crippen LogP) is 5.23. The molecule has 1 amide bonds. The molecule has 1 saturated heterocycles. The Hall–Kier alpha value is -3.38. The van der Waals surface area contributed by atoms with Crippen molar-refractivity contribution in [2.24, 2.45) is 5.92 Å². The van der Waals surface area contributed by atoms with E-state index in [0.717, 1.165) is 49.5 Å². The predicted molar refractivity (Wildman–Crippen MR) is 153 cm³/mol. The van der Waals surface area contributed by atoms with Gasteiger partial charge in [0.05, 0.1) is 12.1 Å². The van der Waals surface area contributed by atoms with Gasteiger partial charge in [0, 0.05) is 33.2 Å². The molecule has 6 nitrogen and oxygen atoms in total. The number of hydrogen-bond donors (Lipinski definition) is 1. The molecule has 2 atom stereocenters. The molecule has 0 bridgehead atoms. The fourth-order valence-electron chi connectivity index (χ4n) is 5.47. The number of aromatic nitrogens is 1. The number of anilines is 1. The minimum atomic E-state index is -0.0617. The van der Waals surface area contributed by atoms with E-state index in [1.165, 1.54) is 22.3 Å². The highest BCUT2D eigenvalue weighted by Crippen LogP contribution is 2.37. The van der Waals surface area contributed by atoms with E-state index in [4.69, 9.17) is 4.74 Å². The maximum atomic E-state index is 14.1. The average molecular weight is 513 g/mol. The van der Waals surface area contributed by atoms with Gasteiger partial charge >= 0.3 is 0 Å². The molecule has 3 aromatic rings. The van der Waals surface area contributed by atoms with Crippen LogP contribution >= 0.6 is 0 Å². The number of piperidine rings is 1. The Kier molecular flexibility index (Phi) is 7.98. The van der Waals surface area contributed by atoms with Crippen LogP contribution in [0.5, 0.6) is 5.75 Å². The van der Waals surface area contributed by atoms with Gasteiger partial charge in [-0.25, -0.2) is 4.98 Å². The number of carbonyl (C=O) groups excluding carboxylic acids is 1. The Labute approximate surface area is 227 Å². The molecule has 0 unspecified atom stereocenters. The van der Waals surface area contributed by atoms with E-state index in [2.05, 4.69) is 71.5 Å². The van der Waals surface area contributed by atoms with Gasteiger partial charge in [-0.05, 0) is 85.5 Å². The summed E-state index contributed by atoms with van der Waals surface area (Å²) in [6.07, 6.45) is 4.94. The van der Waals surface area contributed by atoms with Crippen LogP contribution < -0.4 is 15.0 Å². The van der Waals surface area contributed by atoms with Crippen LogP contribution in [0.3, 0.4) is 0 Å². The lowest BCUT2D eigenvalue weighted by Crippen LogP contribution is -2.47.